The molecule has 0 aliphatic carbocycles. The summed E-state index contributed by atoms with van der Waals surface area (Å²) >= 11 is 3.43. The van der Waals surface area contributed by atoms with Crippen LogP contribution in [0.25, 0.3) is 0 Å². The second-order valence-electron chi connectivity index (χ2n) is 3.51. The number of carbonyl (C=O) groups excluding carboxylic acids is 1. The van der Waals surface area contributed by atoms with Gasteiger partial charge in [0.15, 0.2) is 0 Å². The zero-order chi connectivity index (χ0) is 11.8. The van der Waals surface area contributed by atoms with Crippen LogP contribution >= 0.6 is 15.9 Å². The quantitative estimate of drug-likeness (QED) is 0.392. The molecule has 1 rings (SSSR count). The van der Waals surface area contributed by atoms with E-state index in [1.165, 1.54) is 0 Å². The van der Waals surface area contributed by atoms with Crippen molar-refractivity contribution >= 4 is 21.8 Å². The number of rotatable bonds is 7. The van der Waals surface area contributed by atoms with Crippen LogP contribution in [-0.2, 0) is 14.3 Å². The Morgan fingerprint density at radius 3 is 2.81 bits per heavy atom. The molecule has 0 spiro atoms. The fraction of sp³-hybridized carbons (Fsp3) is 0.727. The van der Waals surface area contributed by atoms with Gasteiger partial charge in [-0.15, -0.1) is 6.42 Å². The smallest absolute Gasteiger partial charge is 0.223 e. The van der Waals surface area contributed by atoms with Gasteiger partial charge in [-0.3, -0.25) is 4.79 Å². The van der Waals surface area contributed by atoms with Crippen molar-refractivity contribution in [1.82, 2.24) is 4.90 Å². The highest BCUT2D eigenvalue weighted by Gasteiger charge is 2.26. The normalized spacial score (nSPS) is 20.1. The van der Waals surface area contributed by atoms with E-state index in [1.54, 1.807) is 0 Å². The molecule has 90 valence electrons. The number of ether oxygens (including phenoxy) is 2. The fourth-order valence-corrected chi connectivity index (χ4v) is 2.09. The molecule has 4 nitrogen and oxygen atoms in total. The molecule has 0 aromatic carbocycles. The third-order valence-electron chi connectivity index (χ3n) is 2.23. The molecule has 1 amide bonds. The molecule has 1 unspecified atom stereocenters. The fourth-order valence-electron chi connectivity index (χ4n) is 1.47. The molecule has 0 aromatic heterocycles. The average Bonchev–Trinajstić information content (AvgIpc) is 2.56. The zero-order valence-electron chi connectivity index (χ0n) is 9.15. The highest BCUT2D eigenvalue weighted by Crippen LogP contribution is 2.17. The van der Waals surface area contributed by atoms with E-state index in [4.69, 9.17) is 15.9 Å². The largest absolute Gasteiger partial charge is 0.377 e. The topological polar surface area (TPSA) is 38.8 Å². The molecule has 0 saturated carbocycles. The van der Waals surface area contributed by atoms with Crippen LogP contribution in [0.2, 0.25) is 0 Å². The number of hydrogen-bond donors (Lipinski definition) is 0. The van der Waals surface area contributed by atoms with Crippen molar-refractivity contribution in [3.05, 3.63) is 0 Å². The standard InChI is InChI=1S/C11H16BrNO3/c1-2-4-15-6-7-16-5-3-13-9-10(12)8-11(13)14/h1,10H,3-9H2. The summed E-state index contributed by atoms with van der Waals surface area (Å²) in [5, 5.41) is 0. The summed E-state index contributed by atoms with van der Waals surface area (Å²) in [7, 11) is 0. The summed E-state index contributed by atoms with van der Waals surface area (Å²) in [5.74, 6) is 2.57. The van der Waals surface area contributed by atoms with Crippen molar-refractivity contribution in [2.24, 2.45) is 0 Å². The van der Waals surface area contributed by atoms with Crippen LogP contribution in [0.15, 0.2) is 0 Å². The van der Waals surface area contributed by atoms with Gasteiger partial charge in [0.1, 0.15) is 6.61 Å². The third kappa shape index (κ3) is 4.97. The van der Waals surface area contributed by atoms with E-state index in [1.807, 2.05) is 4.90 Å². The van der Waals surface area contributed by atoms with E-state index in [0.717, 1.165) is 6.54 Å². The lowest BCUT2D eigenvalue weighted by molar-refractivity contribution is -0.128. The van der Waals surface area contributed by atoms with Crippen LogP contribution < -0.4 is 0 Å². The van der Waals surface area contributed by atoms with Crippen molar-refractivity contribution in [3.8, 4) is 12.3 Å². The average molecular weight is 290 g/mol. The zero-order valence-corrected chi connectivity index (χ0v) is 10.7. The van der Waals surface area contributed by atoms with Gasteiger partial charge in [0.2, 0.25) is 5.91 Å². The molecule has 16 heavy (non-hydrogen) atoms. The van der Waals surface area contributed by atoms with Gasteiger partial charge in [0.05, 0.1) is 19.8 Å². The molecule has 1 atom stereocenters. The molecule has 1 fully saturated rings. The molecule has 0 bridgehead atoms. The van der Waals surface area contributed by atoms with Crippen LogP contribution in [0.1, 0.15) is 6.42 Å². The Hall–Kier alpha value is -0.570. The number of alkyl halides is 1. The highest BCUT2D eigenvalue weighted by molar-refractivity contribution is 9.09. The maximum Gasteiger partial charge on any atom is 0.223 e. The minimum Gasteiger partial charge on any atom is -0.377 e. The van der Waals surface area contributed by atoms with Crippen LogP contribution in [0.4, 0.5) is 0 Å². The van der Waals surface area contributed by atoms with Gasteiger partial charge in [-0.25, -0.2) is 0 Å². The number of likely N-dealkylation sites (tertiary alicyclic amines) is 1. The van der Waals surface area contributed by atoms with Crippen molar-refractivity contribution in [1.29, 1.82) is 0 Å². The Morgan fingerprint density at radius 1 is 1.44 bits per heavy atom. The lowest BCUT2D eigenvalue weighted by Crippen LogP contribution is -2.29. The van der Waals surface area contributed by atoms with E-state index in [2.05, 4.69) is 21.9 Å². The molecular weight excluding hydrogens is 274 g/mol. The highest BCUT2D eigenvalue weighted by atomic mass is 79.9. The number of hydrogen-bond acceptors (Lipinski definition) is 3. The monoisotopic (exact) mass is 289 g/mol. The van der Waals surface area contributed by atoms with E-state index in [-0.39, 0.29) is 5.91 Å². The second kappa shape index (κ2) is 7.66. The molecule has 0 aromatic rings. The molecule has 5 heteroatoms. The van der Waals surface area contributed by atoms with Crippen LogP contribution in [0, 0.1) is 12.3 Å². The van der Waals surface area contributed by atoms with E-state index < -0.39 is 0 Å². The Morgan fingerprint density at radius 2 is 2.19 bits per heavy atom. The Bertz CT molecular complexity index is 264. The van der Waals surface area contributed by atoms with Gasteiger partial charge >= 0.3 is 0 Å². The molecular formula is C11H16BrNO3. The molecule has 0 radical (unpaired) electrons. The number of nitrogens with zero attached hydrogens (tertiary/aromatic N) is 1. The molecule has 1 heterocycles. The first kappa shape index (κ1) is 13.5. The first-order valence-electron chi connectivity index (χ1n) is 5.25. The van der Waals surface area contributed by atoms with Crippen LogP contribution in [0.5, 0.6) is 0 Å². The Balaban J connectivity index is 1.95. The maximum absolute atomic E-state index is 11.4. The van der Waals surface area contributed by atoms with Crippen LogP contribution in [-0.4, -0.2) is 55.2 Å². The van der Waals surface area contributed by atoms with Crippen molar-refractivity contribution < 1.29 is 14.3 Å². The molecule has 1 saturated heterocycles. The third-order valence-corrected chi connectivity index (χ3v) is 2.84. The second-order valence-corrected chi connectivity index (χ2v) is 4.81. The van der Waals surface area contributed by atoms with E-state index in [0.29, 0.717) is 44.2 Å². The van der Waals surface area contributed by atoms with Gasteiger partial charge in [-0.2, -0.15) is 0 Å². The summed E-state index contributed by atoms with van der Waals surface area (Å²) in [6.45, 7) is 3.30. The molecule has 1 aliphatic heterocycles. The van der Waals surface area contributed by atoms with Gasteiger partial charge in [-0.05, 0) is 0 Å². The van der Waals surface area contributed by atoms with Gasteiger partial charge in [0, 0.05) is 24.3 Å². The van der Waals surface area contributed by atoms with Gasteiger partial charge < -0.3 is 14.4 Å². The van der Waals surface area contributed by atoms with E-state index in [9.17, 15) is 4.79 Å². The number of amides is 1. The minimum absolute atomic E-state index is 0.189. The lowest BCUT2D eigenvalue weighted by Gasteiger charge is -2.15. The first-order chi connectivity index (χ1) is 7.74. The molecule has 0 N–H and O–H groups in total. The number of halogens is 1. The lowest BCUT2D eigenvalue weighted by atomic mass is 10.4. The minimum atomic E-state index is 0.189. The summed E-state index contributed by atoms with van der Waals surface area (Å²) in [6.07, 6.45) is 5.60. The Labute approximate surface area is 104 Å². The van der Waals surface area contributed by atoms with Crippen molar-refractivity contribution in [2.45, 2.75) is 11.2 Å². The predicted molar refractivity (Wildman–Crippen MR) is 64.4 cm³/mol. The predicted octanol–water partition coefficient (Wildman–Crippen LogP) is 0.649. The van der Waals surface area contributed by atoms with Gasteiger partial charge in [0.25, 0.3) is 0 Å². The first-order valence-corrected chi connectivity index (χ1v) is 6.16. The van der Waals surface area contributed by atoms with Crippen LogP contribution in [0.3, 0.4) is 0 Å². The van der Waals surface area contributed by atoms with Crippen molar-refractivity contribution in [2.75, 3.05) is 39.5 Å². The summed E-state index contributed by atoms with van der Waals surface area (Å²) in [6, 6.07) is 0. The maximum atomic E-state index is 11.4. The number of terminal acetylenes is 1. The summed E-state index contributed by atoms with van der Waals surface area (Å²) in [4.78, 5) is 13.5. The molecule has 1 aliphatic rings. The van der Waals surface area contributed by atoms with E-state index >= 15 is 0 Å². The summed E-state index contributed by atoms with van der Waals surface area (Å²) < 4.78 is 10.4. The Kier molecular flexibility index (Phi) is 6.46. The summed E-state index contributed by atoms with van der Waals surface area (Å²) in [5.41, 5.74) is 0. The van der Waals surface area contributed by atoms with Gasteiger partial charge in [-0.1, -0.05) is 21.9 Å². The van der Waals surface area contributed by atoms with Crippen molar-refractivity contribution in [3.63, 3.8) is 0 Å². The SMILES string of the molecule is C#CCOCCOCCN1CC(Br)CC1=O. The number of carbonyl (C=O) groups is 1.